The van der Waals surface area contributed by atoms with E-state index >= 15 is 0 Å². The van der Waals surface area contributed by atoms with Crippen molar-refractivity contribution in [2.75, 3.05) is 50.2 Å². The van der Waals surface area contributed by atoms with Crippen LogP contribution in [0.1, 0.15) is 11.1 Å². The second-order valence-electron chi connectivity index (χ2n) is 7.54. The van der Waals surface area contributed by atoms with Crippen LogP contribution >= 0.6 is 0 Å². The number of carbonyl (C=O) groups is 1. The molecular weight excluding hydrogens is 383 g/mol. The van der Waals surface area contributed by atoms with E-state index in [2.05, 4.69) is 21.8 Å². The highest BCUT2D eigenvalue weighted by Gasteiger charge is 2.32. The molecule has 0 amide bonds. The van der Waals surface area contributed by atoms with E-state index in [0.717, 1.165) is 38.2 Å². The molecule has 8 heteroatoms. The van der Waals surface area contributed by atoms with Crippen LogP contribution in [0.3, 0.4) is 0 Å². The van der Waals surface area contributed by atoms with Crippen LogP contribution in [0, 0.1) is 17.1 Å². The van der Waals surface area contributed by atoms with Crippen molar-refractivity contribution in [3.8, 4) is 6.07 Å². The number of piperazine rings is 1. The number of aldehydes is 1. The molecule has 0 radical (unpaired) electrons. The molecule has 1 fully saturated rings. The summed E-state index contributed by atoms with van der Waals surface area (Å²) in [5.74, 6) is 0.0437. The Morgan fingerprint density at radius 1 is 1.17 bits per heavy atom. The van der Waals surface area contributed by atoms with Gasteiger partial charge >= 0.3 is 0 Å². The topological polar surface area (TPSA) is 66.7 Å². The van der Waals surface area contributed by atoms with Crippen LogP contribution in [-0.2, 0) is 4.79 Å². The Balaban J connectivity index is 1.64. The SMILES string of the molecule is CN1CCN(c2ccc(N3C(c4ccc(C#N)c(F)c4)=CC(C=O)N3C)nc2)CC1. The smallest absolute Gasteiger partial charge is 0.147 e. The first-order valence-electron chi connectivity index (χ1n) is 9.81. The summed E-state index contributed by atoms with van der Waals surface area (Å²) in [5, 5.41) is 12.5. The van der Waals surface area contributed by atoms with Gasteiger partial charge in [-0.3, -0.25) is 5.01 Å². The summed E-state index contributed by atoms with van der Waals surface area (Å²) >= 11 is 0. The zero-order valence-corrected chi connectivity index (χ0v) is 17.0. The Labute approximate surface area is 175 Å². The maximum Gasteiger partial charge on any atom is 0.147 e. The van der Waals surface area contributed by atoms with Crippen molar-refractivity contribution in [1.29, 1.82) is 5.26 Å². The molecule has 4 rings (SSSR count). The lowest BCUT2D eigenvalue weighted by Gasteiger charge is -2.34. The van der Waals surface area contributed by atoms with Crippen molar-refractivity contribution in [2.45, 2.75) is 6.04 Å². The summed E-state index contributed by atoms with van der Waals surface area (Å²) in [6.45, 7) is 3.91. The third-order valence-corrected chi connectivity index (χ3v) is 5.65. The van der Waals surface area contributed by atoms with Crippen molar-refractivity contribution in [2.24, 2.45) is 0 Å². The predicted octanol–water partition coefficient (Wildman–Crippen LogP) is 2.12. The second kappa shape index (κ2) is 8.22. The van der Waals surface area contributed by atoms with Crippen molar-refractivity contribution in [1.82, 2.24) is 14.9 Å². The number of hydrogen-bond donors (Lipinski definition) is 0. The molecule has 0 aliphatic carbocycles. The fourth-order valence-corrected chi connectivity index (χ4v) is 3.79. The molecule has 1 aromatic heterocycles. The molecule has 2 aliphatic rings. The Hall–Kier alpha value is -3.28. The molecule has 1 aromatic carbocycles. The van der Waals surface area contributed by atoms with Crippen LogP contribution in [0.4, 0.5) is 15.9 Å². The van der Waals surface area contributed by atoms with Gasteiger partial charge in [0.05, 0.1) is 23.1 Å². The van der Waals surface area contributed by atoms with Gasteiger partial charge in [-0.25, -0.2) is 14.4 Å². The molecule has 154 valence electrons. The summed E-state index contributed by atoms with van der Waals surface area (Å²) < 4.78 is 14.2. The van der Waals surface area contributed by atoms with E-state index in [1.807, 2.05) is 24.4 Å². The molecule has 30 heavy (non-hydrogen) atoms. The third kappa shape index (κ3) is 3.65. The van der Waals surface area contributed by atoms with Crippen LogP contribution in [0.5, 0.6) is 0 Å². The largest absolute Gasteiger partial charge is 0.368 e. The van der Waals surface area contributed by atoms with Gasteiger partial charge in [-0.1, -0.05) is 6.07 Å². The Bertz CT molecular complexity index is 1010. The lowest BCUT2D eigenvalue weighted by molar-refractivity contribution is -0.110. The number of carbonyl (C=O) groups excluding carboxylic acids is 1. The van der Waals surface area contributed by atoms with E-state index in [-0.39, 0.29) is 5.56 Å². The number of nitrogens with zero attached hydrogens (tertiary/aromatic N) is 6. The molecule has 7 nitrogen and oxygen atoms in total. The number of pyridine rings is 1. The molecule has 0 saturated carbocycles. The van der Waals surface area contributed by atoms with Crippen LogP contribution in [-0.4, -0.2) is 67.5 Å². The minimum Gasteiger partial charge on any atom is -0.368 e. The van der Waals surface area contributed by atoms with E-state index in [1.54, 1.807) is 29.2 Å². The van der Waals surface area contributed by atoms with E-state index in [4.69, 9.17) is 5.26 Å². The standard InChI is InChI=1S/C22H23FN6O/c1-26-7-9-28(10-8-26)18-5-6-22(25-14-18)29-21(12-19(15-30)27(29)2)16-3-4-17(13-24)20(23)11-16/h3-6,11-12,14-15,19H,7-10H2,1-2H3. The maximum absolute atomic E-state index is 14.2. The molecular formula is C22H23FN6O. The number of anilines is 2. The monoisotopic (exact) mass is 406 g/mol. The zero-order chi connectivity index (χ0) is 21.3. The van der Waals surface area contributed by atoms with E-state index in [1.165, 1.54) is 12.1 Å². The van der Waals surface area contributed by atoms with Gasteiger partial charge in [0.2, 0.25) is 0 Å². The molecule has 0 N–H and O–H groups in total. The maximum atomic E-state index is 14.2. The fourth-order valence-electron chi connectivity index (χ4n) is 3.79. The van der Waals surface area contributed by atoms with Gasteiger partial charge in [0.15, 0.2) is 0 Å². The molecule has 2 aliphatic heterocycles. The highest BCUT2D eigenvalue weighted by atomic mass is 19.1. The number of hydrazine groups is 1. The number of aromatic nitrogens is 1. The first kappa shape index (κ1) is 20.0. The minimum absolute atomic E-state index is 0.0150. The van der Waals surface area contributed by atoms with Gasteiger partial charge in [0.1, 0.15) is 30.0 Å². The first-order chi connectivity index (χ1) is 14.5. The highest BCUT2D eigenvalue weighted by Crippen LogP contribution is 2.34. The summed E-state index contributed by atoms with van der Waals surface area (Å²) in [6, 6.07) is 9.71. The van der Waals surface area contributed by atoms with Crippen molar-refractivity contribution in [3.63, 3.8) is 0 Å². The Morgan fingerprint density at radius 3 is 2.53 bits per heavy atom. The van der Waals surface area contributed by atoms with Crippen LogP contribution in [0.25, 0.3) is 5.70 Å². The number of likely N-dealkylation sites (N-methyl/N-ethyl adjacent to an activating group) is 2. The molecule has 0 spiro atoms. The van der Waals surface area contributed by atoms with Crippen molar-refractivity contribution < 1.29 is 9.18 Å². The normalized spacial score (nSPS) is 20.2. The van der Waals surface area contributed by atoms with Crippen LogP contribution in [0.15, 0.2) is 42.6 Å². The van der Waals surface area contributed by atoms with Gasteiger partial charge in [0, 0.05) is 38.8 Å². The number of halogens is 1. The number of nitriles is 1. The second-order valence-corrected chi connectivity index (χ2v) is 7.54. The number of benzene rings is 1. The highest BCUT2D eigenvalue weighted by molar-refractivity contribution is 5.84. The third-order valence-electron chi connectivity index (χ3n) is 5.65. The summed E-state index contributed by atoms with van der Waals surface area (Å²) in [6.07, 6.45) is 4.43. The Kier molecular flexibility index (Phi) is 5.48. The average molecular weight is 406 g/mol. The average Bonchev–Trinajstić information content (AvgIpc) is 3.10. The molecule has 3 heterocycles. The first-order valence-corrected chi connectivity index (χ1v) is 9.81. The lowest BCUT2D eigenvalue weighted by atomic mass is 10.1. The van der Waals surface area contributed by atoms with E-state index in [9.17, 15) is 9.18 Å². The van der Waals surface area contributed by atoms with Gasteiger partial charge in [-0.2, -0.15) is 5.26 Å². The molecule has 1 unspecified atom stereocenters. The van der Waals surface area contributed by atoms with E-state index in [0.29, 0.717) is 17.1 Å². The quantitative estimate of drug-likeness (QED) is 0.721. The van der Waals surface area contributed by atoms with Crippen molar-refractivity contribution in [3.05, 3.63) is 59.5 Å². The zero-order valence-electron chi connectivity index (χ0n) is 17.0. The molecule has 1 saturated heterocycles. The predicted molar refractivity (Wildman–Crippen MR) is 113 cm³/mol. The summed E-state index contributed by atoms with van der Waals surface area (Å²) in [7, 11) is 3.91. The van der Waals surface area contributed by atoms with Crippen LogP contribution in [0.2, 0.25) is 0 Å². The lowest BCUT2D eigenvalue weighted by Crippen LogP contribution is -2.44. The summed E-state index contributed by atoms with van der Waals surface area (Å²) in [4.78, 5) is 20.8. The van der Waals surface area contributed by atoms with Crippen LogP contribution < -0.4 is 9.91 Å². The molecule has 2 aromatic rings. The van der Waals surface area contributed by atoms with Gasteiger partial charge in [0.25, 0.3) is 0 Å². The molecule has 1 atom stereocenters. The van der Waals surface area contributed by atoms with Crippen molar-refractivity contribution >= 4 is 23.5 Å². The molecule has 0 bridgehead atoms. The minimum atomic E-state index is -0.591. The van der Waals surface area contributed by atoms with Gasteiger partial charge in [-0.05, 0) is 37.4 Å². The Morgan fingerprint density at radius 2 is 1.93 bits per heavy atom. The van der Waals surface area contributed by atoms with E-state index < -0.39 is 11.9 Å². The van der Waals surface area contributed by atoms with Gasteiger partial charge < -0.3 is 14.6 Å². The summed E-state index contributed by atoms with van der Waals surface area (Å²) in [5.41, 5.74) is 2.26. The fraction of sp³-hybridized carbons (Fsp3) is 0.318. The van der Waals surface area contributed by atoms with Gasteiger partial charge in [-0.15, -0.1) is 0 Å². The number of rotatable bonds is 4. The number of hydrogen-bond acceptors (Lipinski definition) is 7.